The lowest BCUT2D eigenvalue weighted by atomic mass is 10.2. The van der Waals surface area contributed by atoms with Crippen molar-refractivity contribution in [1.82, 2.24) is 19.9 Å². The highest BCUT2D eigenvalue weighted by Crippen LogP contribution is 2.37. The number of thiazole rings is 2. The van der Waals surface area contributed by atoms with Gasteiger partial charge in [-0.15, -0.1) is 22.7 Å². The molecule has 10 nitrogen and oxygen atoms in total. The third kappa shape index (κ3) is 11.1. The number of para-hydroxylation sites is 6. The van der Waals surface area contributed by atoms with Gasteiger partial charge >= 0.3 is 63.5 Å². The Morgan fingerprint density at radius 3 is 1.21 bits per heavy atom. The van der Waals surface area contributed by atoms with Crippen LogP contribution in [0.5, 0.6) is 23.0 Å². The molecule has 0 fully saturated rings. The zero-order chi connectivity index (χ0) is 42.1. The number of aryl methyl sites for hydroxylation is 2. The fraction of sp³-hybridized carbons (Fsp3) is 0.0638. The second-order valence-electron chi connectivity index (χ2n) is 13.7. The summed E-state index contributed by atoms with van der Waals surface area (Å²) in [5.74, 6) is 3.03. The van der Waals surface area contributed by atoms with Crippen LogP contribution in [0.1, 0.15) is 18.8 Å². The fourth-order valence-electron chi connectivity index (χ4n) is 6.46. The van der Waals surface area contributed by atoms with Gasteiger partial charge in [0.25, 0.3) is 0 Å². The standard InChI is InChI=1S/2C13H9NOS.2C10H9NO.CH4.4Al.2O/c2*15-11-7-3-1-5-9(11)13-14-10-6-2-4-8-12(10)16-13;2*1-7-5-6-8-3-2-4-9(12)10(8)11-7;;;;;;;/h2*1-8,15H;2*2-6,12H,1H3;1H4;;;;;;/q;;;;;4*+1;;/p-4. The summed E-state index contributed by atoms with van der Waals surface area (Å²) in [5.41, 5.74) is 7.58. The van der Waals surface area contributed by atoms with Crippen molar-refractivity contribution in [3.63, 3.8) is 0 Å². The van der Waals surface area contributed by atoms with Crippen molar-refractivity contribution in [3.05, 3.63) is 169 Å². The molecule has 0 aliphatic heterocycles. The van der Waals surface area contributed by atoms with E-state index in [-0.39, 0.29) is 7.43 Å². The smallest absolute Gasteiger partial charge is 0.627 e. The topological polar surface area (TPSA) is 107 Å². The summed E-state index contributed by atoms with van der Waals surface area (Å²) in [6, 6.07) is 52.1. The first-order valence-corrected chi connectivity index (χ1v) is 24.8. The van der Waals surface area contributed by atoms with Gasteiger partial charge in [0.2, 0.25) is 0 Å². The highest BCUT2D eigenvalue weighted by Gasteiger charge is 2.17. The lowest BCUT2D eigenvalue weighted by molar-refractivity contribution is 0.418. The average molecular weight is 925 g/mol. The molecule has 4 radical (unpaired) electrons. The quantitative estimate of drug-likeness (QED) is 0.0773. The number of nitrogens with zero attached hydrogens (tertiary/aromatic N) is 4. The van der Waals surface area contributed by atoms with E-state index in [0.717, 1.165) is 97.8 Å². The number of rotatable bonds is 14. The van der Waals surface area contributed by atoms with Gasteiger partial charge < -0.3 is 20.8 Å². The van der Waals surface area contributed by atoms with Gasteiger partial charge in [-0.1, -0.05) is 92.4 Å². The molecule has 63 heavy (non-hydrogen) atoms. The molecule has 4 heterocycles. The van der Waals surface area contributed by atoms with Crippen LogP contribution in [0, 0.1) is 13.8 Å². The number of aromatic nitrogens is 4. The SMILES string of the molecule is C.Cc1ccc2cccc([O][Al][O][Al][O]c3cccc4ccc(C)nc34)c2n1.c1ccc(-c2nc3ccccc3s2)c([O][Al][O][Al][O]c2ccccc2-c2nc3ccccc3s2)c1. The Kier molecular flexibility index (Phi) is 15.4. The summed E-state index contributed by atoms with van der Waals surface area (Å²) < 4.78 is 37.6. The molecule has 0 aliphatic rings. The molecular formula is C47H36Al4N4O6S2. The molecule has 0 unspecified atom stereocenters. The third-order valence-corrected chi connectivity index (χ3v) is 14.7. The number of fused-ring (bicyclic) bond motifs is 4. The number of hydrogen-bond donors (Lipinski definition) is 0. The Balaban J connectivity index is 0.000000176. The van der Waals surface area contributed by atoms with Gasteiger partial charge in [0, 0.05) is 33.3 Å². The van der Waals surface area contributed by atoms with Gasteiger partial charge in [-0.05, 0) is 86.6 Å². The highest BCUT2D eigenvalue weighted by molar-refractivity contribution is 7.22. The van der Waals surface area contributed by atoms with E-state index < -0.39 is 63.5 Å². The maximum atomic E-state index is 6.04. The van der Waals surface area contributed by atoms with Crippen molar-refractivity contribution < 1.29 is 20.8 Å². The molecule has 0 amide bonds. The van der Waals surface area contributed by atoms with Gasteiger partial charge in [-0.3, -0.25) is 0 Å². The third-order valence-electron chi connectivity index (χ3n) is 9.39. The Hall–Kier alpha value is -4.83. The lowest BCUT2D eigenvalue weighted by Crippen LogP contribution is -2.16. The molecule has 16 heteroatoms. The fourth-order valence-corrected chi connectivity index (χ4v) is 10.9. The number of pyridine rings is 2. The van der Waals surface area contributed by atoms with Crippen LogP contribution in [-0.2, 0) is 5.68 Å². The van der Waals surface area contributed by atoms with Gasteiger partial charge in [0.15, 0.2) is 0 Å². The van der Waals surface area contributed by atoms with E-state index in [1.54, 1.807) is 22.7 Å². The maximum Gasteiger partial charge on any atom is 0.743 e. The lowest BCUT2D eigenvalue weighted by Gasteiger charge is -2.12. The van der Waals surface area contributed by atoms with Crippen LogP contribution in [0.15, 0.2) is 158 Å². The van der Waals surface area contributed by atoms with E-state index in [4.69, 9.17) is 30.8 Å². The number of benzene rings is 6. The average Bonchev–Trinajstić information content (AvgIpc) is 3.95. The summed E-state index contributed by atoms with van der Waals surface area (Å²) in [5, 5.41) is 3.99. The van der Waals surface area contributed by atoms with Crippen LogP contribution < -0.4 is 15.2 Å². The summed E-state index contributed by atoms with van der Waals surface area (Å²) in [6.07, 6.45) is 0. The van der Waals surface area contributed by atoms with Crippen LogP contribution in [0.25, 0.3) is 63.4 Å². The van der Waals surface area contributed by atoms with Crippen molar-refractivity contribution in [2.75, 3.05) is 0 Å². The molecule has 0 spiro atoms. The Morgan fingerprint density at radius 1 is 0.381 bits per heavy atom. The van der Waals surface area contributed by atoms with Gasteiger partial charge in [0.1, 0.15) is 32.5 Å². The Bertz CT molecular complexity index is 2860. The molecular weight excluding hydrogens is 889 g/mol. The zero-order valence-electron chi connectivity index (χ0n) is 33.4. The summed E-state index contributed by atoms with van der Waals surface area (Å²) in [7, 11) is 0. The van der Waals surface area contributed by atoms with Crippen molar-refractivity contribution in [3.8, 4) is 44.1 Å². The van der Waals surface area contributed by atoms with E-state index in [0.29, 0.717) is 0 Å². The second kappa shape index (κ2) is 21.7. The molecule has 10 rings (SSSR count). The minimum absolute atomic E-state index is 0. The molecule has 304 valence electrons. The minimum Gasteiger partial charge on any atom is -0.627 e. The summed E-state index contributed by atoms with van der Waals surface area (Å²) >= 11 is 0.501. The van der Waals surface area contributed by atoms with Crippen molar-refractivity contribution in [2.45, 2.75) is 21.3 Å². The second-order valence-corrected chi connectivity index (χ2v) is 19.6. The van der Waals surface area contributed by atoms with Crippen LogP contribution in [0.2, 0.25) is 0 Å². The maximum absolute atomic E-state index is 6.04. The zero-order valence-corrected chi connectivity index (χ0v) is 39.6. The first-order chi connectivity index (χ1) is 30.6. The molecule has 4 aromatic heterocycles. The normalized spacial score (nSPS) is 10.7. The monoisotopic (exact) mass is 924 g/mol. The van der Waals surface area contributed by atoms with E-state index in [2.05, 4.69) is 22.1 Å². The van der Waals surface area contributed by atoms with Crippen LogP contribution in [-0.4, -0.2) is 83.5 Å². The van der Waals surface area contributed by atoms with Gasteiger partial charge in [-0.25, -0.2) is 19.9 Å². The number of hydrogen-bond acceptors (Lipinski definition) is 12. The van der Waals surface area contributed by atoms with E-state index >= 15 is 0 Å². The Morgan fingerprint density at radius 2 is 0.762 bits per heavy atom. The first-order valence-electron chi connectivity index (χ1n) is 19.4. The largest absolute Gasteiger partial charge is 0.743 e. The van der Waals surface area contributed by atoms with Crippen LogP contribution in [0.4, 0.5) is 0 Å². The molecule has 0 saturated heterocycles. The molecule has 0 atom stereocenters. The highest BCUT2D eigenvalue weighted by atomic mass is 32.1. The van der Waals surface area contributed by atoms with Gasteiger partial charge in [-0.2, -0.15) is 0 Å². The van der Waals surface area contributed by atoms with E-state index in [1.807, 2.05) is 159 Å². The molecule has 0 N–H and O–H groups in total. The molecule has 0 saturated carbocycles. The molecule has 0 bridgehead atoms. The van der Waals surface area contributed by atoms with Crippen LogP contribution in [0.3, 0.4) is 0 Å². The van der Waals surface area contributed by atoms with Crippen molar-refractivity contribution >= 4 is 128 Å². The molecule has 6 aromatic carbocycles. The predicted octanol–water partition coefficient (Wildman–Crippen LogP) is 11.4. The van der Waals surface area contributed by atoms with Gasteiger partial charge in [0.05, 0.1) is 31.9 Å². The summed E-state index contributed by atoms with van der Waals surface area (Å²) in [6.45, 7) is 3.94. The van der Waals surface area contributed by atoms with E-state index in [1.165, 1.54) is 0 Å². The molecule has 10 aromatic rings. The first kappa shape index (κ1) is 44.8. The minimum atomic E-state index is -0.727. The van der Waals surface area contributed by atoms with Crippen molar-refractivity contribution in [1.29, 1.82) is 0 Å². The molecule has 0 aliphatic carbocycles. The Labute approximate surface area is 400 Å². The van der Waals surface area contributed by atoms with E-state index in [9.17, 15) is 0 Å². The predicted molar refractivity (Wildman–Crippen MR) is 258 cm³/mol. The summed E-state index contributed by atoms with van der Waals surface area (Å²) in [4.78, 5) is 18.7. The van der Waals surface area contributed by atoms with Crippen molar-refractivity contribution in [2.24, 2.45) is 0 Å². The van der Waals surface area contributed by atoms with Crippen LogP contribution >= 0.6 is 22.7 Å².